The van der Waals surface area contributed by atoms with E-state index in [0.717, 1.165) is 31.2 Å². The van der Waals surface area contributed by atoms with E-state index in [1.54, 1.807) is 24.3 Å². The Morgan fingerprint density at radius 3 is 2.17 bits per heavy atom. The van der Waals surface area contributed by atoms with Crippen LogP contribution in [-0.2, 0) is 0 Å². The Hall–Kier alpha value is -3.61. The molecule has 3 N–H and O–H groups in total. The van der Waals surface area contributed by atoms with Crippen molar-refractivity contribution in [2.45, 2.75) is 37.6 Å². The van der Waals surface area contributed by atoms with Crippen LogP contribution in [0.5, 0.6) is 0 Å². The molecule has 2 saturated carbocycles. The largest absolute Gasteiger partial charge is 0.440 e. The van der Waals surface area contributed by atoms with Gasteiger partial charge in [0, 0.05) is 28.9 Å². The van der Waals surface area contributed by atoms with Crippen LogP contribution in [0, 0.1) is 0 Å². The first kappa shape index (κ1) is 18.4. The number of carbonyl (C=O) groups is 2. The van der Waals surface area contributed by atoms with Crippen molar-refractivity contribution in [1.29, 1.82) is 0 Å². The summed E-state index contributed by atoms with van der Waals surface area (Å²) < 4.78 is 5.96. The maximum Gasteiger partial charge on any atom is 0.319 e. The van der Waals surface area contributed by atoms with Crippen LogP contribution in [0.1, 0.15) is 47.8 Å². The second kappa shape index (κ2) is 7.67. The van der Waals surface area contributed by atoms with Gasteiger partial charge in [-0.25, -0.2) is 9.78 Å². The molecule has 0 aliphatic heterocycles. The number of urea groups is 1. The van der Waals surface area contributed by atoms with E-state index in [4.69, 9.17) is 4.42 Å². The van der Waals surface area contributed by atoms with E-state index in [1.807, 2.05) is 30.3 Å². The lowest BCUT2D eigenvalue weighted by atomic mass is 10.2. The van der Waals surface area contributed by atoms with Crippen LogP contribution < -0.4 is 16.0 Å². The number of nitrogens with zero attached hydrogens (tertiary/aromatic N) is 1. The van der Waals surface area contributed by atoms with Gasteiger partial charge in [0.25, 0.3) is 5.91 Å². The SMILES string of the molecule is O=C(Nc1ccc(NC(=O)c2nc(-c3ccccc3)oc2C2CC2)cc1)NC1CC1. The average Bonchev–Trinajstić information content (AvgIpc) is 3.69. The molecule has 3 amide bonds. The van der Waals surface area contributed by atoms with Gasteiger partial charge in [-0.05, 0) is 62.1 Å². The van der Waals surface area contributed by atoms with E-state index in [1.165, 1.54) is 0 Å². The van der Waals surface area contributed by atoms with Gasteiger partial charge in [-0.1, -0.05) is 18.2 Å². The van der Waals surface area contributed by atoms with Gasteiger partial charge in [-0.2, -0.15) is 0 Å². The Kier molecular flexibility index (Phi) is 4.71. The molecule has 2 fully saturated rings. The molecule has 0 unspecified atom stereocenters. The molecule has 2 aliphatic carbocycles. The summed E-state index contributed by atoms with van der Waals surface area (Å²) in [6, 6.07) is 16.7. The molecule has 2 aliphatic rings. The lowest BCUT2D eigenvalue weighted by molar-refractivity contribution is 0.102. The van der Waals surface area contributed by atoms with E-state index in [0.29, 0.717) is 34.8 Å². The molecule has 0 radical (unpaired) electrons. The standard InChI is InChI=1S/C23H22N4O3/c28-21(24-16-8-10-17(11-9-16)25-23(29)26-18-12-13-18)19-20(14-6-7-14)30-22(27-19)15-4-2-1-3-5-15/h1-5,8-11,14,18H,6-7,12-13H2,(H,24,28)(H2,25,26,29). The van der Waals surface area contributed by atoms with E-state index < -0.39 is 0 Å². The third-order valence-corrected chi connectivity index (χ3v) is 5.15. The lowest BCUT2D eigenvalue weighted by Crippen LogP contribution is -2.30. The first-order valence-corrected chi connectivity index (χ1v) is 10.2. The quantitative estimate of drug-likeness (QED) is 0.554. The van der Waals surface area contributed by atoms with Crippen LogP contribution in [0.2, 0.25) is 0 Å². The van der Waals surface area contributed by atoms with Crippen molar-refractivity contribution in [3.8, 4) is 11.5 Å². The number of amides is 3. The Bertz CT molecular complexity index is 1070. The first-order chi connectivity index (χ1) is 14.7. The van der Waals surface area contributed by atoms with Gasteiger partial charge in [0.1, 0.15) is 5.76 Å². The van der Waals surface area contributed by atoms with E-state index in [9.17, 15) is 9.59 Å². The monoisotopic (exact) mass is 402 g/mol. The summed E-state index contributed by atoms with van der Waals surface area (Å²) in [5, 5.41) is 8.54. The lowest BCUT2D eigenvalue weighted by Gasteiger charge is -2.08. The Morgan fingerprint density at radius 1 is 0.867 bits per heavy atom. The molecule has 30 heavy (non-hydrogen) atoms. The minimum atomic E-state index is -0.296. The minimum absolute atomic E-state index is 0.209. The summed E-state index contributed by atoms with van der Waals surface area (Å²) in [6.45, 7) is 0. The van der Waals surface area contributed by atoms with Crippen LogP contribution in [-0.4, -0.2) is 23.0 Å². The van der Waals surface area contributed by atoms with E-state index in [-0.39, 0.29) is 17.9 Å². The van der Waals surface area contributed by atoms with Crippen molar-refractivity contribution in [2.75, 3.05) is 10.6 Å². The second-order valence-electron chi connectivity index (χ2n) is 7.78. The fourth-order valence-electron chi connectivity index (χ4n) is 3.23. The highest BCUT2D eigenvalue weighted by Gasteiger charge is 2.34. The van der Waals surface area contributed by atoms with E-state index >= 15 is 0 Å². The number of rotatable bonds is 6. The van der Waals surface area contributed by atoms with Crippen molar-refractivity contribution in [3.63, 3.8) is 0 Å². The van der Waals surface area contributed by atoms with E-state index in [2.05, 4.69) is 20.9 Å². The fraction of sp³-hybridized carbons (Fsp3) is 0.261. The molecular formula is C23H22N4O3. The molecule has 1 heterocycles. The molecule has 0 saturated heterocycles. The van der Waals surface area contributed by atoms with Crippen LogP contribution in [0.3, 0.4) is 0 Å². The third kappa shape index (κ3) is 4.20. The molecule has 1 aromatic heterocycles. The van der Waals surface area contributed by atoms with Gasteiger partial charge in [0.2, 0.25) is 5.89 Å². The van der Waals surface area contributed by atoms with Crippen molar-refractivity contribution in [3.05, 3.63) is 66.1 Å². The molecule has 5 rings (SSSR count). The Morgan fingerprint density at radius 2 is 1.53 bits per heavy atom. The highest BCUT2D eigenvalue weighted by atomic mass is 16.4. The average molecular weight is 402 g/mol. The molecule has 0 atom stereocenters. The molecule has 3 aromatic rings. The number of aromatic nitrogens is 1. The van der Waals surface area contributed by atoms with Crippen LogP contribution in [0.4, 0.5) is 16.2 Å². The zero-order chi connectivity index (χ0) is 20.5. The van der Waals surface area contributed by atoms with Gasteiger partial charge in [0.05, 0.1) is 0 Å². The summed E-state index contributed by atoms with van der Waals surface area (Å²) in [7, 11) is 0. The maximum absolute atomic E-state index is 12.9. The maximum atomic E-state index is 12.9. The Labute approximate surface area is 173 Å². The molecule has 7 heteroatoms. The van der Waals surface area contributed by atoms with Gasteiger partial charge in [-0.3, -0.25) is 4.79 Å². The summed E-state index contributed by atoms with van der Waals surface area (Å²) in [4.78, 5) is 29.2. The molecule has 2 aromatic carbocycles. The topological polar surface area (TPSA) is 96.3 Å². The Balaban J connectivity index is 1.29. The van der Waals surface area contributed by atoms with Gasteiger partial charge < -0.3 is 20.4 Å². The number of carbonyl (C=O) groups excluding carboxylic acids is 2. The molecular weight excluding hydrogens is 380 g/mol. The number of anilines is 2. The highest BCUT2D eigenvalue weighted by molar-refractivity contribution is 6.04. The fourth-order valence-corrected chi connectivity index (χ4v) is 3.23. The molecule has 0 bridgehead atoms. The third-order valence-electron chi connectivity index (χ3n) is 5.15. The number of benzene rings is 2. The predicted octanol–water partition coefficient (Wildman–Crippen LogP) is 4.76. The number of hydrogen-bond donors (Lipinski definition) is 3. The predicted molar refractivity (Wildman–Crippen MR) is 113 cm³/mol. The zero-order valence-corrected chi connectivity index (χ0v) is 16.4. The number of hydrogen-bond acceptors (Lipinski definition) is 4. The molecule has 0 spiro atoms. The second-order valence-corrected chi connectivity index (χ2v) is 7.78. The number of oxazole rings is 1. The summed E-state index contributed by atoms with van der Waals surface area (Å²) in [6.07, 6.45) is 4.09. The summed E-state index contributed by atoms with van der Waals surface area (Å²) >= 11 is 0. The zero-order valence-electron chi connectivity index (χ0n) is 16.4. The highest BCUT2D eigenvalue weighted by Crippen LogP contribution is 2.43. The van der Waals surface area contributed by atoms with Gasteiger partial charge in [0.15, 0.2) is 5.69 Å². The van der Waals surface area contributed by atoms with Gasteiger partial charge >= 0.3 is 6.03 Å². The minimum Gasteiger partial charge on any atom is -0.440 e. The summed E-state index contributed by atoms with van der Waals surface area (Å²) in [5.74, 6) is 1.08. The normalized spacial score (nSPS) is 15.5. The van der Waals surface area contributed by atoms with Gasteiger partial charge in [-0.15, -0.1) is 0 Å². The van der Waals surface area contributed by atoms with Crippen molar-refractivity contribution in [2.24, 2.45) is 0 Å². The van der Waals surface area contributed by atoms with Crippen molar-refractivity contribution < 1.29 is 14.0 Å². The van der Waals surface area contributed by atoms with Crippen molar-refractivity contribution >= 4 is 23.3 Å². The smallest absolute Gasteiger partial charge is 0.319 e. The first-order valence-electron chi connectivity index (χ1n) is 10.2. The van der Waals surface area contributed by atoms with Crippen LogP contribution in [0.25, 0.3) is 11.5 Å². The number of nitrogens with one attached hydrogen (secondary N) is 3. The molecule has 7 nitrogen and oxygen atoms in total. The molecule has 152 valence electrons. The summed E-state index contributed by atoms with van der Waals surface area (Å²) in [5.41, 5.74) is 2.47. The van der Waals surface area contributed by atoms with Crippen molar-refractivity contribution in [1.82, 2.24) is 10.3 Å². The van der Waals surface area contributed by atoms with Crippen LogP contribution >= 0.6 is 0 Å². The van der Waals surface area contributed by atoms with Crippen LogP contribution in [0.15, 0.2) is 59.0 Å².